The third-order valence-corrected chi connectivity index (χ3v) is 3.54. The third-order valence-electron chi connectivity index (χ3n) is 3.30. The highest BCUT2D eigenvalue weighted by atomic mass is 35.5. The molecule has 0 aliphatic heterocycles. The Hall–Kier alpha value is -2.00. The number of aryl methyl sites for hydroxylation is 2. The minimum atomic E-state index is -0.321. The van der Waals surface area contributed by atoms with Crippen LogP contribution in [0.2, 0.25) is 5.02 Å². The standard InChI is InChI=1S/C17H17ClO3/c1-20-16-10-9-15(18)11-14(16)8-5-12-3-6-13(7-4-12)17(19)21-2/h3-4,6-7,9-11H,5,8H2,1-2H3. The fourth-order valence-electron chi connectivity index (χ4n) is 2.15. The van der Waals surface area contributed by atoms with Gasteiger partial charge in [-0.15, -0.1) is 0 Å². The van der Waals surface area contributed by atoms with Gasteiger partial charge in [0, 0.05) is 5.02 Å². The van der Waals surface area contributed by atoms with E-state index in [0.29, 0.717) is 10.6 Å². The summed E-state index contributed by atoms with van der Waals surface area (Å²) in [4.78, 5) is 11.4. The van der Waals surface area contributed by atoms with E-state index in [-0.39, 0.29) is 5.97 Å². The molecule has 0 aliphatic carbocycles. The minimum Gasteiger partial charge on any atom is -0.496 e. The van der Waals surface area contributed by atoms with E-state index in [1.165, 1.54) is 7.11 Å². The van der Waals surface area contributed by atoms with Crippen LogP contribution in [0, 0.1) is 0 Å². The van der Waals surface area contributed by atoms with E-state index in [1.807, 2.05) is 30.3 Å². The van der Waals surface area contributed by atoms with Crippen molar-refractivity contribution in [2.24, 2.45) is 0 Å². The Balaban J connectivity index is 2.06. The fourth-order valence-corrected chi connectivity index (χ4v) is 2.34. The van der Waals surface area contributed by atoms with Gasteiger partial charge in [-0.2, -0.15) is 0 Å². The number of benzene rings is 2. The number of rotatable bonds is 5. The number of carbonyl (C=O) groups is 1. The average molecular weight is 305 g/mol. The van der Waals surface area contributed by atoms with Gasteiger partial charge in [-0.3, -0.25) is 0 Å². The summed E-state index contributed by atoms with van der Waals surface area (Å²) in [6.45, 7) is 0. The predicted octanol–water partition coefficient (Wildman–Crippen LogP) is 3.92. The van der Waals surface area contributed by atoms with E-state index >= 15 is 0 Å². The summed E-state index contributed by atoms with van der Waals surface area (Å²) in [7, 11) is 3.03. The Morgan fingerprint density at radius 3 is 2.38 bits per heavy atom. The quantitative estimate of drug-likeness (QED) is 0.785. The lowest BCUT2D eigenvalue weighted by Crippen LogP contribution is -2.01. The molecule has 0 aromatic heterocycles. The molecule has 0 atom stereocenters. The average Bonchev–Trinajstić information content (AvgIpc) is 2.52. The Kier molecular flexibility index (Phi) is 5.23. The van der Waals surface area contributed by atoms with Crippen molar-refractivity contribution >= 4 is 17.6 Å². The van der Waals surface area contributed by atoms with E-state index in [4.69, 9.17) is 16.3 Å². The summed E-state index contributed by atoms with van der Waals surface area (Å²) >= 11 is 6.02. The first-order valence-corrected chi connectivity index (χ1v) is 7.01. The summed E-state index contributed by atoms with van der Waals surface area (Å²) in [5.74, 6) is 0.517. The number of methoxy groups -OCH3 is 2. The molecule has 0 saturated carbocycles. The van der Waals surface area contributed by atoms with E-state index in [0.717, 1.165) is 29.7 Å². The van der Waals surface area contributed by atoms with Crippen molar-refractivity contribution in [1.29, 1.82) is 0 Å². The van der Waals surface area contributed by atoms with Gasteiger partial charge in [-0.05, 0) is 54.3 Å². The van der Waals surface area contributed by atoms with E-state index in [2.05, 4.69) is 4.74 Å². The maximum absolute atomic E-state index is 11.4. The van der Waals surface area contributed by atoms with Gasteiger partial charge in [0.2, 0.25) is 0 Å². The highest BCUT2D eigenvalue weighted by Crippen LogP contribution is 2.24. The highest BCUT2D eigenvalue weighted by molar-refractivity contribution is 6.30. The van der Waals surface area contributed by atoms with Crippen LogP contribution >= 0.6 is 11.6 Å². The Bertz CT molecular complexity index is 620. The lowest BCUT2D eigenvalue weighted by molar-refractivity contribution is 0.0600. The van der Waals surface area contributed by atoms with Gasteiger partial charge >= 0.3 is 5.97 Å². The van der Waals surface area contributed by atoms with Gasteiger partial charge in [-0.1, -0.05) is 23.7 Å². The summed E-state index contributed by atoms with van der Waals surface area (Å²) in [6, 6.07) is 13.0. The van der Waals surface area contributed by atoms with Crippen LogP contribution in [0.3, 0.4) is 0 Å². The topological polar surface area (TPSA) is 35.5 Å². The SMILES string of the molecule is COC(=O)c1ccc(CCc2cc(Cl)ccc2OC)cc1. The molecule has 21 heavy (non-hydrogen) atoms. The second kappa shape index (κ2) is 7.14. The molecule has 110 valence electrons. The van der Waals surface area contributed by atoms with Crippen molar-refractivity contribution < 1.29 is 14.3 Å². The van der Waals surface area contributed by atoms with Crippen LogP contribution in [0.5, 0.6) is 5.75 Å². The summed E-state index contributed by atoms with van der Waals surface area (Å²) < 4.78 is 10.0. The van der Waals surface area contributed by atoms with E-state index in [9.17, 15) is 4.79 Å². The predicted molar refractivity (Wildman–Crippen MR) is 83.2 cm³/mol. The monoisotopic (exact) mass is 304 g/mol. The normalized spacial score (nSPS) is 10.2. The molecule has 0 saturated heterocycles. The maximum atomic E-state index is 11.4. The van der Waals surface area contributed by atoms with Crippen molar-refractivity contribution in [3.05, 3.63) is 64.2 Å². The van der Waals surface area contributed by atoms with E-state index < -0.39 is 0 Å². The van der Waals surface area contributed by atoms with Gasteiger partial charge in [-0.25, -0.2) is 4.79 Å². The Morgan fingerprint density at radius 1 is 1.05 bits per heavy atom. The van der Waals surface area contributed by atoms with Crippen LogP contribution in [0.4, 0.5) is 0 Å². The van der Waals surface area contributed by atoms with Crippen LogP contribution < -0.4 is 4.74 Å². The van der Waals surface area contributed by atoms with Gasteiger partial charge in [0.15, 0.2) is 0 Å². The number of esters is 1. The first kappa shape index (κ1) is 15.4. The van der Waals surface area contributed by atoms with E-state index in [1.54, 1.807) is 19.2 Å². The summed E-state index contributed by atoms with van der Waals surface area (Å²) in [5.41, 5.74) is 2.77. The smallest absolute Gasteiger partial charge is 0.337 e. The van der Waals surface area contributed by atoms with Crippen molar-refractivity contribution in [3.63, 3.8) is 0 Å². The van der Waals surface area contributed by atoms with Crippen molar-refractivity contribution in [2.75, 3.05) is 14.2 Å². The second-order valence-electron chi connectivity index (χ2n) is 4.64. The number of carbonyl (C=O) groups excluding carboxylic acids is 1. The molecule has 0 amide bonds. The van der Waals surface area contributed by atoms with Crippen LogP contribution in [0.1, 0.15) is 21.5 Å². The molecule has 0 fully saturated rings. The van der Waals surface area contributed by atoms with Crippen molar-refractivity contribution in [3.8, 4) is 5.75 Å². The molecule has 0 unspecified atom stereocenters. The molecule has 2 aromatic rings. The van der Waals surface area contributed by atoms with Gasteiger partial charge in [0.25, 0.3) is 0 Å². The summed E-state index contributed by atoms with van der Waals surface area (Å²) in [5, 5.41) is 0.701. The maximum Gasteiger partial charge on any atom is 0.337 e. The van der Waals surface area contributed by atoms with Gasteiger partial charge in [0.05, 0.1) is 19.8 Å². The second-order valence-corrected chi connectivity index (χ2v) is 5.08. The zero-order chi connectivity index (χ0) is 15.2. The largest absolute Gasteiger partial charge is 0.496 e. The fraction of sp³-hybridized carbons (Fsp3) is 0.235. The Morgan fingerprint density at radius 2 is 1.76 bits per heavy atom. The van der Waals surface area contributed by atoms with Crippen LogP contribution in [-0.4, -0.2) is 20.2 Å². The van der Waals surface area contributed by atoms with Gasteiger partial charge in [0.1, 0.15) is 5.75 Å². The molecular formula is C17H17ClO3. The molecule has 0 aliphatic rings. The molecule has 4 heteroatoms. The van der Waals surface area contributed by atoms with Crippen LogP contribution in [0.25, 0.3) is 0 Å². The molecule has 0 radical (unpaired) electrons. The molecular weight excluding hydrogens is 288 g/mol. The number of halogens is 1. The molecule has 0 bridgehead atoms. The Labute approximate surface area is 129 Å². The molecule has 2 rings (SSSR count). The lowest BCUT2D eigenvalue weighted by atomic mass is 10.0. The van der Waals surface area contributed by atoms with Crippen molar-refractivity contribution in [1.82, 2.24) is 0 Å². The molecule has 0 heterocycles. The third kappa shape index (κ3) is 3.99. The number of ether oxygens (including phenoxy) is 2. The first-order chi connectivity index (χ1) is 10.1. The minimum absolute atomic E-state index is 0.321. The van der Waals surface area contributed by atoms with Crippen LogP contribution in [-0.2, 0) is 17.6 Å². The number of hydrogen-bond donors (Lipinski definition) is 0. The van der Waals surface area contributed by atoms with Gasteiger partial charge < -0.3 is 9.47 Å². The zero-order valence-corrected chi connectivity index (χ0v) is 12.8. The zero-order valence-electron chi connectivity index (χ0n) is 12.1. The molecule has 0 spiro atoms. The summed E-state index contributed by atoms with van der Waals surface area (Å²) in [6.07, 6.45) is 1.67. The molecule has 3 nitrogen and oxygen atoms in total. The number of hydrogen-bond acceptors (Lipinski definition) is 3. The first-order valence-electron chi connectivity index (χ1n) is 6.63. The molecule has 0 N–H and O–H groups in total. The highest BCUT2D eigenvalue weighted by Gasteiger charge is 2.07. The van der Waals surface area contributed by atoms with Crippen LogP contribution in [0.15, 0.2) is 42.5 Å². The lowest BCUT2D eigenvalue weighted by Gasteiger charge is -2.09. The molecule has 2 aromatic carbocycles. The van der Waals surface area contributed by atoms with Crippen molar-refractivity contribution in [2.45, 2.75) is 12.8 Å².